The third-order valence-corrected chi connectivity index (χ3v) is 2.34. The number of ether oxygens (including phenoxy) is 2. The highest BCUT2D eigenvalue weighted by atomic mass is 19.4. The molecular weight excluding hydrogens is 279 g/mol. The van der Waals surface area contributed by atoms with Gasteiger partial charge >= 0.3 is 12.1 Å². The molecule has 20 heavy (non-hydrogen) atoms. The Balaban J connectivity index is 2.82. The number of methoxy groups -OCH3 is 1. The zero-order chi connectivity index (χ0) is 15.3. The molecule has 0 saturated carbocycles. The summed E-state index contributed by atoms with van der Waals surface area (Å²) in [7, 11) is 1.42. The van der Waals surface area contributed by atoms with Crippen LogP contribution in [-0.4, -0.2) is 30.4 Å². The van der Waals surface area contributed by atoms with Crippen molar-refractivity contribution in [2.24, 2.45) is 0 Å². The molecule has 1 rings (SSSR count). The highest BCUT2D eigenvalue weighted by Gasteiger charge is 2.31. The van der Waals surface area contributed by atoms with Crippen LogP contribution in [-0.2, 0) is 27.0 Å². The fraction of sp³-hybridized carbons (Fsp3) is 0.500. The number of hydrogen-bond acceptors (Lipinski definition) is 4. The molecule has 0 N–H and O–H groups in total. The van der Waals surface area contributed by atoms with Crippen LogP contribution in [0.3, 0.4) is 0 Å². The van der Waals surface area contributed by atoms with Gasteiger partial charge in [0.15, 0.2) is 0 Å². The average Bonchev–Trinajstić information content (AvgIpc) is 2.30. The third-order valence-electron chi connectivity index (χ3n) is 2.34. The second-order valence-corrected chi connectivity index (χ2v) is 4.14. The van der Waals surface area contributed by atoms with E-state index in [-0.39, 0.29) is 6.61 Å². The number of nitrogens with zero attached hydrogens (tertiary/aromatic N) is 1. The number of halogens is 3. The normalized spacial score (nSPS) is 13.1. The van der Waals surface area contributed by atoms with Crippen LogP contribution in [0.25, 0.3) is 0 Å². The number of alkyl halides is 3. The minimum Gasteiger partial charge on any atom is -0.459 e. The van der Waals surface area contributed by atoms with Gasteiger partial charge in [-0.05, 0) is 13.0 Å². The summed E-state index contributed by atoms with van der Waals surface area (Å²) in [5.74, 6) is -0.809. The Labute approximate surface area is 112 Å². The minimum absolute atomic E-state index is 0.156. The topological polar surface area (TPSA) is 57.5 Å². The molecule has 0 bridgehead atoms. The first-order valence-corrected chi connectivity index (χ1v) is 5.70. The number of carbonyl (C=O) groups excluding carboxylic acids is 1. The monoisotopic (exact) mass is 293 g/mol. The molecule has 1 aromatic heterocycles. The van der Waals surface area contributed by atoms with Crippen LogP contribution in [0.5, 0.6) is 0 Å². The zero-order valence-corrected chi connectivity index (χ0v) is 10.9. The predicted octanol–water partition coefficient (Wildman–Crippen LogP) is 1.45. The van der Waals surface area contributed by atoms with Gasteiger partial charge in [0.2, 0.25) is 0 Å². The minimum atomic E-state index is -4.58. The third kappa shape index (κ3) is 4.69. The standard InChI is InChI=1S/C12H14F3NO4/c1-8(7-19-2)20-11(18)6-16-5-9(12(13,14)15)3-4-10(16)17/h3-5,8H,6-7H2,1-2H3. The highest BCUT2D eigenvalue weighted by molar-refractivity contribution is 5.69. The maximum atomic E-state index is 12.5. The molecule has 8 heteroatoms. The van der Waals surface area contributed by atoms with Gasteiger partial charge in [0.25, 0.3) is 5.56 Å². The van der Waals surface area contributed by atoms with Crippen molar-refractivity contribution >= 4 is 5.97 Å². The van der Waals surface area contributed by atoms with Crippen LogP contribution in [0, 0.1) is 0 Å². The first kappa shape index (κ1) is 16.2. The van der Waals surface area contributed by atoms with E-state index in [0.29, 0.717) is 16.8 Å². The SMILES string of the molecule is COCC(C)OC(=O)Cn1cc(C(F)(F)F)ccc1=O. The molecule has 5 nitrogen and oxygen atoms in total. The summed E-state index contributed by atoms with van der Waals surface area (Å²) in [4.78, 5) is 22.9. The molecule has 0 aliphatic rings. The Morgan fingerprint density at radius 2 is 2.05 bits per heavy atom. The molecule has 112 valence electrons. The fourth-order valence-corrected chi connectivity index (χ4v) is 1.49. The van der Waals surface area contributed by atoms with Gasteiger partial charge in [0.05, 0.1) is 12.2 Å². The molecule has 0 radical (unpaired) electrons. The van der Waals surface area contributed by atoms with Gasteiger partial charge in [-0.25, -0.2) is 0 Å². The predicted molar refractivity (Wildman–Crippen MR) is 63.1 cm³/mol. The van der Waals surface area contributed by atoms with E-state index < -0.39 is 35.9 Å². The summed E-state index contributed by atoms with van der Waals surface area (Å²) < 4.78 is 47.8. The van der Waals surface area contributed by atoms with E-state index >= 15 is 0 Å². The van der Waals surface area contributed by atoms with Gasteiger partial charge in [-0.15, -0.1) is 0 Å². The second-order valence-electron chi connectivity index (χ2n) is 4.14. The van der Waals surface area contributed by atoms with Gasteiger partial charge < -0.3 is 14.0 Å². The number of aromatic nitrogens is 1. The van der Waals surface area contributed by atoms with Crippen molar-refractivity contribution in [2.45, 2.75) is 25.7 Å². The van der Waals surface area contributed by atoms with Gasteiger partial charge in [-0.1, -0.05) is 0 Å². The van der Waals surface area contributed by atoms with Crippen LogP contribution in [0.15, 0.2) is 23.1 Å². The summed E-state index contributed by atoms with van der Waals surface area (Å²) in [6, 6.07) is 1.42. The van der Waals surface area contributed by atoms with Gasteiger partial charge in [0, 0.05) is 19.4 Å². The Bertz CT molecular complexity index is 524. The van der Waals surface area contributed by atoms with Gasteiger partial charge in [-0.2, -0.15) is 13.2 Å². The summed E-state index contributed by atoms with van der Waals surface area (Å²) in [6.45, 7) is 1.14. The van der Waals surface area contributed by atoms with E-state index in [0.717, 1.165) is 6.07 Å². The molecule has 1 unspecified atom stereocenters. The van der Waals surface area contributed by atoms with E-state index in [1.807, 2.05) is 0 Å². The maximum Gasteiger partial charge on any atom is 0.417 e. The first-order valence-electron chi connectivity index (χ1n) is 5.70. The summed E-state index contributed by atoms with van der Waals surface area (Å²) in [5, 5.41) is 0. The number of esters is 1. The van der Waals surface area contributed by atoms with Crippen LogP contribution in [0.1, 0.15) is 12.5 Å². The van der Waals surface area contributed by atoms with E-state index in [2.05, 4.69) is 0 Å². The molecule has 1 heterocycles. The summed E-state index contributed by atoms with van der Waals surface area (Å²) in [5.41, 5.74) is -1.72. The maximum absolute atomic E-state index is 12.5. The Kier molecular flexibility index (Phi) is 5.32. The number of pyridine rings is 1. The van der Waals surface area contributed by atoms with Crippen molar-refractivity contribution in [3.05, 3.63) is 34.2 Å². The average molecular weight is 293 g/mol. The van der Waals surface area contributed by atoms with Crippen molar-refractivity contribution in [1.29, 1.82) is 0 Å². The van der Waals surface area contributed by atoms with Crippen molar-refractivity contribution < 1.29 is 27.4 Å². The van der Waals surface area contributed by atoms with Crippen molar-refractivity contribution in [3.63, 3.8) is 0 Å². The van der Waals surface area contributed by atoms with Crippen molar-refractivity contribution in [1.82, 2.24) is 4.57 Å². The van der Waals surface area contributed by atoms with E-state index in [1.165, 1.54) is 7.11 Å². The number of carbonyl (C=O) groups is 1. The van der Waals surface area contributed by atoms with Crippen LogP contribution >= 0.6 is 0 Å². The molecule has 0 amide bonds. The van der Waals surface area contributed by atoms with E-state index in [1.54, 1.807) is 6.92 Å². The van der Waals surface area contributed by atoms with Crippen molar-refractivity contribution in [3.8, 4) is 0 Å². The summed E-state index contributed by atoms with van der Waals surface area (Å²) in [6.07, 6.45) is -4.54. The molecule has 0 aliphatic heterocycles. The molecular formula is C12H14F3NO4. The first-order chi connectivity index (χ1) is 9.24. The quantitative estimate of drug-likeness (QED) is 0.771. The molecule has 0 aliphatic carbocycles. The lowest BCUT2D eigenvalue weighted by molar-refractivity contribution is -0.151. The lowest BCUT2D eigenvalue weighted by Gasteiger charge is -2.14. The molecule has 0 spiro atoms. The Hall–Kier alpha value is -1.83. The number of rotatable bonds is 5. The van der Waals surface area contributed by atoms with Gasteiger partial charge in [-0.3, -0.25) is 9.59 Å². The largest absolute Gasteiger partial charge is 0.459 e. The Morgan fingerprint density at radius 3 is 2.60 bits per heavy atom. The Morgan fingerprint density at radius 1 is 1.40 bits per heavy atom. The molecule has 1 aromatic rings. The molecule has 0 aromatic carbocycles. The summed E-state index contributed by atoms with van der Waals surface area (Å²) >= 11 is 0. The fourth-order valence-electron chi connectivity index (χ4n) is 1.49. The van der Waals surface area contributed by atoms with Crippen LogP contribution < -0.4 is 5.56 Å². The van der Waals surface area contributed by atoms with Gasteiger partial charge in [0.1, 0.15) is 12.6 Å². The van der Waals surface area contributed by atoms with Crippen LogP contribution in [0.2, 0.25) is 0 Å². The van der Waals surface area contributed by atoms with Crippen LogP contribution in [0.4, 0.5) is 13.2 Å². The second kappa shape index (κ2) is 6.56. The molecule has 1 atom stereocenters. The van der Waals surface area contributed by atoms with E-state index in [9.17, 15) is 22.8 Å². The van der Waals surface area contributed by atoms with Crippen molar-refractivity contribution in [2.75, 3.05) is 13.7 Å². The van der Waals surface area contributed by atoms with E-state index in [4.69, 9.17) is 9.47 Å². The smallest absolute Gasteiger partial charge is 0.417 e. The highest BCUT2D eigenvalue weighted by Crippen LogP contribution is 2.27. The molecule has 0 saturated heterocycles. The number of hydrogen-bond donors (Lipinski definition) is 0. The zero-order valence-electron chi connectivity index (χ0n) is 10.9. The molecule has 0 fully saturated rings. The lowest BCUT2D eigenvalue weighted by Crippen LogP contribution is -2.28. The lowest BCUT2D eigenvalue weighted by atomic mass is 10.3.